The van der Waals surface area contributed by atoms with Crippen LogP contribution in [0.25, 0.3) is 0 Å². The number of benzene rings is 2. The number of phenolic OH excluding ortho intramolecular Hbond substituents is 1. The van der Waals surface area contributed by atoms with Gasteiger partial charge in [-0.05, 0) is 62.4 Å². The van der Waals surface area contributed by atoms with E-state index in [2.05, 4.69) is 15.0 Å². The molecule has 1 N–H and O–H groups in total. The van der Waals surface area contributed by atoms with Crippen molar-refractivity contribution >= 4 is 46.0 Å². The van der Waals surface area contributed by atoms with Crippen molar-refractivity contribution in [3.63, 3.8) is 0 Å². The summed E-state index contributed by atoms with van der Waals surface area (Å²) in [6, 6.07) is 17.8. The summed E-state index contributed by atoms with van der Waals surface area (Å²) < 4.78 is 0. The third-order valence-electron chi connectivity index (χ3n) is 3.84. The predicted octanol–water partition coefficient (Wildman–Crippen LogP) is 6.38. The molecule has 1 heterocycles. The Hall–Kier alpha value is -2.69. The number of phenols is 1. The Morgan fingerprint density at radius 2 is 1.41 bits per heavy atom. The molecule has 2 aromatic carbocycles. The van der Waals surface area contributed by atoms with Crippen LogP contribution in [-0.2, 0) is 0 Å². The number of rotatable bonds is 4. The van der Waals surface area contributed by atoms with Crippen LogP contribution in [0.2, 0.25) is 10.0 Å². The van der Waals surface area contributed by atoms with Crippen LogP contribution in [0.1, 0.15) is 25.2 Å². The second-order valence-electron chi connectivity index (χ2n) is 5.91. The molecule has 0 aliphatic carbocycles. The van der Waals surface area contributed by atoms with Crippen molar-refractivity contribution in [2.45, 2.75) is 13.8 Å². The van der Waals surface area contributed by atoms with E-state index in [4.69, 9.17) is 23.2 Å². The zero-order valence-corrected chi connectivity index (χ0v) is 16.3. The minimum absolute atomic E-state index is 0.0264. The lowest BCUT2D eigenvalue weighted by Gasteiger charge is -2.06. The normalized spacial score (nSPS) is 12.3. The lowest BCUT2D eigenvalue weighted by molar-refractivity contribution is 0.477. The van der Waals surface area contributed by atoms with E-state index < -0.39 is 0 Å². The Morgan fingerprint density at radius 3 is 2.04 bits per heavy atom. The van der Waals surface area contributed by atoms with E-state index in [0.717, 1.165) is 17.1 Å². The highest BCUT2D eigenvalue weighted by atomic mass is 35.5. The molecule has 0 spiro atoms. The summed E-state index contributed by atoms with van der Waals surface area (Å²) in [4.78, 5) is 13.7. The number of pyridine rings is 1. The summed E-state index contributed by atoms with van der Waals surface area (Å²) in [7, 11) is 0. The van der Waals surface area contributed by atoms with Crippen LogP contribution >= 0.6 is 23.2 Å². The molecule has 6 heteroatoms. The SMILES string of the molecule is CC(=Nc1ccc(Cl)cc1)c1cccc(C(C)=Nc2ccc(Cl)cc2O)n1. The highest BCUT2D eigenvalue weighted by molar-refractivity contribution is 6.31. The van der Waals surface area contributed by atoms with Crippen molar-refractivity contribution in [1.29, 1.82) is 0 Å². The Balaban J connectivity index is 1.90. The van der Waals surface area contributed by atoms with E-state index in [-0.39, 0.29) is 5.75 Å². The first-order valence-corrected chi connectivity index (χ1v) is 9.00. The van der Waals surface area contributed by atoms with Gasteiger partial charge in [0.05, 0.1) is 28.5 Å². The highest BCUT2D eigenvalue weighted by Gasteiger charge is 2.07. The second-order valence-corrected chi connectivity index (χ2v) is 6.78. The summed E-state index contributed by atoms with van der Waals surface area (Å²) in [5.74, 6) is 0.0264. The maximum atomic E-state index is 9.97. The highest BCUT2D eigenvalue weighted by Crippen LogP contribution is 2.29. The topological polar surface area (TPSA) is 57.8 Å². The molecule has 0 saturated heterocycles. The van der Waals surface area contributed by atoms with Gasteiger partial charge in [0.1, 0.15) is 11.4 Å². The smallest absolute Gasteiger partial charge is 0.142 e. The Bertz CT molecular complexity index is 1030. The molecule has 0 atom stereocenters. The summed E-state index contributed by atoms with van der Waals surface area (Å²) in [6.45, 7) is 3.74. The van der Waals surface area contributed by atoms with Gasteiger partial charge in [0.25, 0.3) is 0 Å². The lowest BCUT2D eigenvalue weighted by Crippen LogP contribution is -2.04. The van der Waals surface area contributed by atoms with E-state index >= 15 is 0 Å². The van der Waals surface area contributed by atoms with E-state index in [1.54, 1.807) is 24.3 Å². The number of nitrogens with zero attached hydrogens (tertiary/aromatic N) is 3. The molecule has 0 bridgehead atoms. The van der Waals surface area contributed by atoms with E-state index in [0.29, 0.717) is 27.1 Å². The number of halogens is 2. The molecular weight excluding hydrogens is 381 g/mol. The van der Waals surface area contributed by atoms with Crippen molar-refractivity contribution in [2.24, 2.45) is 9.98 Å². The number of aromatic hydroxyl groups is 1. The van der Waals surface area contributed by atoms with Gasteiger partial charge in [-0.3, -0.25) is 4.99 Å². The zero-order valence-electron chi connectivity index (χ0n) is 14.8. The molecule has 1 aromatic heterocycles. The largest absolute Gasteiger partial charge is 0.506 e. The van der Waals surface area contributed by atoms with Crippen LogP contribution in [0, 0.1) is 0 Å². The van der Waals surface area contributed by atoms with Crippen molar-refractivity contribution in [3.8, 4) is 5.75 Å². The minimum Gasteiger partial charge on any atom is -0.506 e. The molecule has 27 heavy (non-hydrogen) atoms. The first-order chi connectivity index (χ1) is 12.9. The van der Waals surface area contributed by atoms with Gasteiger partial charge in [-0.25, -0.2) is 9.98 Å². The Labute approximate surface area is 167 Å². The Morgan fingerprint density at radius 1 is 0.815 bits per heavy atom. The lowest BCUT2D eigenvalue weighted by atomic mass is 10.2. The van der Waals surface area contributed by atoms with Crippen LogP contribution in [-0.4, -0.2) is 21.5 Å². The average Bonchev–Trinajstić information content (AvgIpc) is 2.66. The van der Waals surface area contributed by atoms with Gasteiger partial charge in [0.2, 0.25) is 0 Å². The van der Waals surface area contributed by atoms with Gasteiger partial charge >= 0.3 is 0 Å². The maximum Gasteiger partial charge on any atom is 0.142 e. The number of hydrogen-bond donors (Lipinski definition) is 1. The van der Waals surface area contributed by atoms with Gasteiger partial charge in [-0.2, -0.15) is 0 Å². The number of aliphatic imine (C=N–C) groups is 2. The third-order valence-corrected chi connectivity index (χ3v) is 4.33. The predicted molar refractivity (Wildman–Crippen MR) is 113 cm³/mol. The molecule has 4 nitrogen and oxygen atoms in total. The molecule has 3 aromatic rings. The summed E-state index contributed by atoms with van der Waals surface area (Å²) in [5.41, 5.74) is 4.15. The fourth-order valence-electron chi connectivity index (χ4n) is 2.43. The van der Waals surface area contributed by atoms with Gasteiger partial charge in [0, 0.05) is 16.1 Å². The molecule has 0 unspecified atom stereocenters. The molecule has 0 aliphatic heterocycles. The van der Waals surface area contributed by atoms with Gasteiger partial charge in [0.15, 0.2) is 0 Å². The van der Waals surface area contributed by atoms with Crippen LogP contribution < -0.4 is 0 Å². The van der Waals surface area contributed by atoms with Crippen LogP contribution in [0.15, 0.2) is 70.6 Å². The van der Waals surface area contributed by atoms with E-state index in [1.807, 2.05) is 44.2 Å². The summed E-state index contributed by atoms with van der Waals surface area (Å²) >= 11 is 11.8. The van der Waals surface area contributed by atoms with E-state index in [1.165, 1.54) is 6.07 Å². The summed E-state index contributed by atoms with van der Waals surface area (Å²) in [5, 5.41) is 11.1. The standard InChI is InChI=1S/C21H17Cl2N3O/c1-13(24-17-9-6-15(22)7-10-17)18-4-3-5-19(26-18)14(2)25-20-11-8-16(23)12-21(20)27/h3-12,27H,1-2H3. The molecule has 0 fully saturated rings. The van der Waals surface area contributed by atoms with Crippen molar-refractivity contribution in [3.05, 3.63) is 82.1 Å². The van der Waals surface area contributed by atoms with E-state index in [9.17, 15) is 5.11 Å². The minimum atomic E-state index is 0.0264. The first kappa shape index (κ1) is 19.1. The van der Waals surface area contributed by atoms with Gasteiger partial charge < -0.3 is 5.11 Å². The van der Waals surface area contributed by atoms with Crippen molar-refractivity contribution < 1.29 is 5.11 Å². The maximum absolute atomic E-state index is 9.97. The van der Waals surface area contributed by atoms with Crippen molar-refractivity contribution in [1.82, 2.24) is 4.98 Å². The molecule has 136 valence electrons. The molecular formula is C21H17Cl2N3O. The number of hydrogen-bond acceptors (Lipinski definition) is 4. The fraction of sp³-hybridized carbons (Fsp3) is 0.0952. The van der Waals surface area contributed by atoms with Gasteiger partial charge in [-0.15, -0.1) is 0 Å². The van der Waals surface area contributed by atoms with Gasteiger partial charge in [-0.1, -0.05) is 29.3 Å². The molecule has 0 saturated carbocycles. The molecule has 0 radical (unpaired) electrons. The van der Waals surface area contributed by atoms with Crippen LogP contribution in [0.4, 0.5) is 11.4 Å². The van der Waals surface area contributed by atoms with Crippen molar-refractivity contribution in [2.75, 3.05) is 0 Å². The second kappa shape index (κ2) is 8.33. The molecule has 0 amide bonds. The molecule has 0 aliphatic rings. The average molecular weight is 398 g/mol. The van der Waals surface area contributed by atoms with Crippen LogP contribution in [0.3, 0.4) is 0 Å². The first-order valence-electron chi connectivity index (χ1n) is 8.25. The quantitative estimate of drug-likeness (QED) is 0.519. The fourth-order valence-corrected chi connectivity index (χ4v) is 2.73. The monoisotopic (exact) mass is 397 g/mol. The summed E-state index contributed by atoms with van der Waals surface area (Å²) in [6.07, 6.45) is 0. The third kappa shape index (κ3) is 4.94. The number of aromatic nitrogens is 1. The zero-order chi connectivity index (χ0) is 19.4. The van der Waals surface area contributed by atoms with Crippen LogP contribution in [0.5, 0.6) is 5.75 Å². The molecule has 3 rings (SSSR count). The Kier molecular flexibility index (Phi) is 5.89.